The molecule has 0 aromatic carbocycles. The average molecular weight is 190 g/mol. The fourth-order valence-corrected chi connectivity index (χ4v) is 1.43. The van der Waals surface area contributed by atoms with Crippen molar-refractivity contribution in [3.8, 4) is 0 Å². The minimum absolute atomic E-state index is 0.799. The molecule has 74 valence electrons. The largest absolute Gasteiger partial charge is 0.329 e. The molecule has 0 spiro atoms. The first kappa shape index (κ1) is 8.99. The molecular formula is C10H14N4. The summed E-state index contributed by atoms with van der Waals surface area (Å²) in [7, 11) is 1.93. The maximum absolute atomic E-state index is 4.32. The molecule has 0 unspecified atom stereocenters. The van der Waals surface area contributed by atoms with Crippen LogP contribution in [0.3, 0.4) is 0 Å². The summed E-state index contributed by atoms with van der Waals surface area (Å²) in [6.45, 7) is 4.89. The minimum Gasteiger partial charge on any atom is -0.329 e. The second-order valence-corrected chi connectivity index (χ2v) is 3.52. The summed E-state index contributed by atoms with van der Waals surface area (Å²) >= 11 is 0. The number of aryl methyl sites for hydroxylation is 2. The van der Waals surface area contributed by atoms with Gasteiger partial charge in [0, 0.05) is 18.9 Å². The van der Waals surface area contributed by atoms with Crippen LogP contribution in [0.2, 0.25) is 0 Å². The van der Waals surface area contributed by atoms with E-state index in [0.717, 1.165) is 17.9 Å². The maximum Gasteiger partial charge on any atom is 0.0955 e. The minimum atomic E-state index is 0.799. The zero-order chi connectivity index (χ0) is 10.1. The molecule has 0 aliphatic heterocycles. The van der Waals surface area contributed by atoms with Gasteiger partial charge >= 0.3 is 0 Å². The van der Waals surface area contributed by atoms with E-state index in [2.05, 4.69) is 21.6 Å². The van der Waals surface area contributed by atoms with Crippen molar-refractivity contribution < 1.29 is 0 Å². The van der Waals surface area contributed by atoms with Crippen LogP contribution < -0.4 is 0 Å². The highest BCUT2D eigenvalue weighted by atomic mass is 15.3. The lowest BCUT2D eigenvalue weighted by Crippen LogP contribution is -2.02. The van der Waals surface area contributed by atoms with E-state index < -0.39 is 0 Å². The van der Waals surface area contributed by atoms with Gasteiger partial charge in [0.05, 0.1) is 24.3 Å². The molecule has 0 saturated carbocycles. The highest BCUT2D eigenvalue weighted by Gasteiger charge is 2.03. The van der Waals surface area contributed by atoms with Crippen LogP contribution in [-0.4, -0.2) is 19.3 Å². The van der Waals surface area contributed by atoms with Crippen molar-refractivity contribution in [1.82, 2.24) is 19.3 Å². The SMILES string of the molecule is Cc1ncn(Cc2ccn(C)n2)c1C. The Labute approximate surface area is 83.2 Å². The van der Waals surface area contributed by atoms with Gasteiger partial charge in [-0.1, -0.05) is 0 Å². The van der Waals surface area contributed by atoms with Gasteiger partial charge in [-0.3, -0.25) is 4.68 Å². The molecule has 0 amide bonds. The number of hydrogen-bond donors (Lipinski definition) is 0. The molecule has 0 saturated heterocycles. The number of aromatic nitrogens is 4. The Bertz CT molecular complexity index is 439. The molecule has 2 heterocycles. The molecule has 14 heavy (non-hydrogen) atoms. The first-order valence-corrected chi connectivity index (χ1v) is 4.63. The fraction of sp³-hybridized carbons (Fsp3) is 0.400. The fourth-order valence-electron chi connectivity index (χ4n) is 1.43. The highest BCUT2D eigenvalue weighted by Crippen LogP contribution is 2.06. The average Bonchev–Trinajstić information content (AvgIpc) is 2.67. The van der Waals surface area contributed by atoms with E-state index in [0.29, 0.717) is 0 Å². The molecule has 4 heteroatoms. The Morgan fingerprint density at radius 2 is 2.14 bits per heavy atom. The molecule has 2 aromatic rings. The number of nitrogens with zero attached hydrogens (tertiary/aromatic N) is 4. The van der Waals surface area contributed by atoms with E-state index >= 15 is 0 Å². The zero-order valence-electron chi connectivity index (χ0n) is 8.73. The third kappa shape index (κ3) is 1.55. The molecule has 4 nitrogen and oxygen atoms in total. The van der Waals surface area contributed by atoms with Crippen LogP contribution in [0.4, 0.5) is 0 Å². The van der Waals surface area contributed by atoms with Crippen molar-refractivity contribution in [1.29, 1.82) is 0 Å². The van der Waals surface area contributed by atoms with Crippen LogP contribution in [0.1, 0.15) is 17.1 Å². The molecule has 2 rings (SSSR count). The van der Waals surface area contributed by atoms with Crippen LogP contribution in [0.5, 0.6) is 0 Å². The second-order valence-electron chi connectivity index (χ2n) is 3.52. The number of hydrogen-bond acceptors (Lipinski definition) is 2. The van der Waals surface area contributed by atoms with Gasteiger partial charge in [-0.25, -0.2) is 4.98 Å². The molecule has 0 atom stereocenters. The van der Waals surface area contributed by atoms with E-state index in [4.69, 9.17) is 0 Å². The van der Waals surface area contributed by atoms with Crippen LogP contribution >= 0.6 is 0 Å². The lowest BCUT2D eigenvalue weighted by molar-refractivity contribution is 0.696. The van der Waals surface area contributed by atoms with Gasteiger partial charge in [0.15, 0.2) is 0 Å². The van der Waals surface area contributed by atoms with Crippen LogP contribution in [0, 0.1) is 13.8 Å². The van der Waals surface area contributed by atoms with E-state index in [9.17, 15) is 0 Å². The van der Waals surface area contributed by atoms with Crippen LogP contribution in [0.15, 0.2) is 18.6 Å². The normalized spacial score (nSPS) is 10.8. The zero-order valence-corrected chi connectivity index (χ0v) is 8.73. The van der Waals surface area contributed by atoms with E-state index in [-0.39, 0.29) is 0 Å². The summed E-state index contributed by atoms with van der Waals surface area (Å²) in [5, 5.41) is 4.32. The van der Waals surface area contributed by atoms with Gasteiger partial charge in [-0.05, 0) is 19.9 Å². The van der Waals surface area contributed by atoms with E-state index in [1.807, 2.05) is 37.2 Å². The Morgan fingerprint density at radius 3 is 2.64 bits per heavy atom. The quantitative estimate of drug-likeness (QED) is 0.715. The Hall–Kier alpha value is -1.58. The molecule has 2 aromatic heterocycles. The molecular weight excluding hydrogens is 176 g/mol. The van der Waals surface area contributed by atoms with Gasteiger partial charge in [0.25, 0.3) is 0 Å². The summed E-state index contributed by atoms with van der Waals surface area (Å²) in [5.41, 5.74) is 3.35. The third-order valence-corrected chi connectivity index (χ3v) is 2.45. The Balaban J connectivity index is 2.22. The monoisotopic (exact) mass is 190 g/mol. The first-order chi connectivity index (χ1) is 6.66. The van der Waals surface area contributed by atoms with Crippen molar-refractivity contribution in [3.05, 3.63) is 35.7 Å². The topological polar surface area (TPSA) is 35.6 Å². The van der Waals surface area contributed by atoms with Crippen LogP contribution in [-0.2, 0) is 13.6 Å². The molecule has 0 fully saturated rings. The third-order valence-electron chi connectivity index (χ3n) is 2.45. The van der Waals surface area contributed by atoms with Crippen molar-refractivity contribution in [3.63, 3.8) is 0 Å². The predicted octanol–water partition coefficient (Wildman–Crippen LogP) is 1.28. The van der Waals surface area contributed by atoms with Crippen molar-refractivity contribution in [2.24, 2.45) is 7.05 Å². The van der Waals surface area contributed by atoms with Gasteiger partial charge in [0.1, 0.15) is 0 Å². The first-order valence-electron chi connectivity index (χ1n) is 4.63. The Kier molecular flexibility index (Phi) is 2.11. The lowest BCUT2D eigenvalue weighted by Gasteiger charge is -2.01. The number of rotatable bonds is 2. The van der Waals surface area contributed by atoms with Gasteiger partial charge in [-0.15, -0.1) is 0 Å². The highest BCUT2D eigenvalue weighted by molar-refractivity contribution is 5.11. The summed E-state index contributed by atoms with van der Waals surface area (Å²) < 4.78 is 3.92. The smallest absolute Gasteiger partial charge is 0.0955 e. The lowest BCUT2D eigenvalue weighted by atomic mass is 10.3. The predicted molar refractivity (Wildman–Crippen MR) is 54.0 cm³/mol. The van der Waals surface area contributed by atoms with Crippen molar-refractivity contribution in [2.75, 3.05) is 0 Å². The van der Waals surface area contributed by atoms with Gasteiger partial charge < -0.3 is 4.57 Å². The molecule has 0 aliphatic rings. The van der Waals surface area contributed by atoms with Gasteiger partial charge in [0.2, 0.25) is 0 Å². The maximum atomic E-state index is 4.32. The summed E-state index contributed by atoms with van der Waals surface area (Å²) in [6, 6.07) is 2.02. The molecule has 0 bridgehead atoms. The van der Waals surface area contributed by atoms with Crippen LogP contribution in [0.25, 0.3) is 0 Å². The van der Waals surface area contributed by atoms with Crippen molar-refractivity contribution >= 4 is 0 Å². The molecule has 0 N–H and O–H groups in total. The molecule has 0 aliphatic carbocycles. The van der Waals surface area contributed by atoms with E-state index in [1.54, 1.807) is 0 Å². The van der Waals surface area contributed by atoms with E-state index in [1.165, 1.54) is 5.69 Å². The number of imidazole rings is 1. The standard InChI is InChI=1S/C10H14N4/c1-8-9(2)14(7-11-8)6-10-4-5-13(3)12-10/h4-5,7H,6H2,1-3H3. The Morgan fingerprint density at radius 1 is 1.36 bits per heavy atom. The summed E-state index contributed by atoms with van der Waals surface area (Å²) in [4.78, 5) is 4.25. The van der Waals surface area contributed by atoms with Crippen molar-refractivity contribution in [2.45, 2.75) is 20.4 Å². The summed E-state index contributed by atoms with van der Waals surface area (Å²) in [6.07, 6.45) is 3.81. The molecule has 0 radical (unpaired) electrons. The summed E-state index contributed by atoms with van der Waals surface area (Å²) in [5.74, 6) is 0. The van der Waals surface area contributed by atoms with Gasteiger partial charge in [-0.2, -0.15) is 5.10 Å². The second kappa shape index (κ2) is 3.29.